The summed E-state index contributed by atoms with van der Waals surface area (Å²) < 4.78 is 2.58. The van der Waals surface area contributed by atoms with Crippen molar-refractivity contribution in [3.05, 3.63) is 110 Å². The van der Waals surface area contributed by atoms with Gasteiger partial charge in [0.15, 0.2) is 11.6 Å². The van der Waals surface area contributed by atoms with Gasteiger partial charge in [-0.05, 0) is 112 Å². The van der Waals surface area contributed by atoms with Gasteiger partial charge >= 0.3 is 0 Å². The molecule has 4 atom stereocenters. The van der Waals surface area contributed by atoms with Crippen LogP contribution in [0.3, 0.4) is 0 Å². The van der Waals surface area contributed by atoms with Crippen molar-refractivity contribution in [2.75, 3.05) is 0 Å². The van der Waals surface area contributed by atoms with Crippen molar-refractivity contribution in [2.24, 2.45) is 23.7 Å². The van der Waals surface area contributed by atoms with Crippen LogP contribution < -0.4 is 0 Å². The Morgan fingerprint density at radius 3 is 1.22 bits per heavy atom. The van der Waals surface area contributed by atoms with E-state index < -0.39 is 0 Å². The molecule has 0 saturated carbocycles. The van der Waals surface area contributed by atoms with Gasteiger partial charge in [0.05, 0.1) is 30.9 Å². The zero-order valence-corrected chi connectivity index (χ0v) is 58.0. The molecule has 0 radical (unpaired) electrons. The van der Waals surface area contributed by atoms with Crippen molar-refractivity contribution in [2.45, 2.75) is 198 Å². The molecule has 8 aromatic heterocycles. The number of aryl methyl sites for hydroxylation is 2. The lowest BCUT2D eigenvalue weighted by Crippen LogP contribution is -2.22. The molecule has 0 N–H and O–H groups in total. The minimum absolute atomic E-state index is 0.0514. The van der Waals surface area contributed by atoms with Crippen molar-refractivity contribution in [3.63, 3.8) is 0 Å². The van der Waals surface area contributed by atoms with Gasteiger partial charge < -0.3 is 0 Å². The summed E-state index contributed by atoms with van der Waals surface area (Å²) in [7, 11) is 0. The van der Waals surface area contributed by atoms with Gasteiger partial charge in [0.2, 0.25) is 0 Å². The summed E-state index contributed by atoms with van der Waals surface area (Å²) in [4.78, 5) is 47.9. The van der Waals surface area contributed by atoms with E-state index in [0.29, 0.717) is 40.4 Å². The number of unbranched alkanes of at least 4 members (excludes halogenated alkanes) is 4. The Morgan fingerprint density at radius 2 is 0.780 bits per heavy atom. The molecule has 0 spiro atoms. The van der Waals surface area contributed by atoms with Crippen LogP contribution in [0, 0.1) is 37.5 Å². The topological polar surface area (TPSA) is 34.1 Å². The number of fused-ring (bicyclic) bond motifs is 4. The molecule has 12 heteroatoms. The van der Waals surface area contributed by atoms with E-state index in [4.69, 9.17) is 23.2 Å². The fourth-order valence-electron chi connectivity index (χ4n) is 12.6. The summed E-state index contributed by atoms with van der Waals surface area (Å²) in [6.45, 7) is 22.7. The van der Waals surface area contributed by atoms with Crippen LogP contribution in [0.15, 0.2) is 48.5 Å². The maximum absolute atomic E-state index is 15.9. The predicted molar refractivity (Wildman–Crippen MR) is 372 cm³/mol. The quantitative estimate of drug-likeness (QED) is 0.0468. The molecule has 82 heavy (non-hydrogen) atoms. The third-order valence-corrected chi connectivity index (χ3v) is 28.1. The van der Waals surface area contributed by atoms with Gasteiger partial charge in [-0.1, -0.05) is 181 Å². The van der Waals surface area contributed by atoms with Crippen LogP contribution in [0.2, 0.25) is 10.0 Å². The van der Waals surface area contributed by atoms with Gasteiger partial charge in [-0.3, -0.25) is 9.59 Å². The largest absolute Gasteiger partial charge is 0.288 e. The number of carbonyl (C=O) groups excluding carboxylic acids is 2. The molecule has 4 unspecified atom stereocenters. The van der Waals surface area contributed by atoms with Crippen LogP contribution >= 0.6 is 114 Å². The van der Waals surface area contributed by atoms with E-state index in [9.17, 15) is 0 Å². The molecule has 0 fully saturated rings. The molecule has 0 aliphatic heterocycles. The van der Waals surface area contributed by atoms with E-state index in [1.54, 1.807) is 45.3 Å². The first-order valence-electron chi connectivity index (χ1n) is 30.9. The lowest BCUT2D eigenvalue weighted by Gasteiger charge is -2.19. The van der Waals surface area contributed by atoms with Gasteiger partial charge in [0.25, 0.3) is 0 Å². The average molecular weight is 1280 g/mol. The smallest absolute Gasteiger partial charge is 0.197 e. The van der Waals surface area contributed by atoms with E-state index in [0.717, 1.165) is 127 Å². The number of benzene rings is 1. The minimum atomic E-state index is 0.0514. The maximum Gasteiger partial charge on any atom is 0.197 e. The fraction of sp³-hybridized carbons (Fsp3) is 0.486. The zero-order valence-electron chi connectivity index (χ0n) is 49.9. The monoisotopic (exact) mass is 1280 g/mol. The predicted octanol–water partition coefficient (Wildman–Crippen LogP) is 26.6. The summed E-state index contributed by atoms with van der Waals surface area (Å²) in [6.07, 6.45) is 22.5. The molecule has 1 aliphatic rings. The van der Waals surface area contributed by atoms with Gasteiger partial charge in [0.1, 0.15) is 0 Å². The van der Waals surface area contributed by atoms with Crippen LogP contribution in [-0.2, 0) is 25.7 Å². The summed E-state index contributed by atoms with van der Waals surface area (Å²) in [6, 6.07) is 18.2. The number of rotatable bonds is 29. The molecule has 0 saturated heterocycles. The van der Waals surface area contributed by atoms with Crippen LogP contribution in [0.4, 0.5) is 0 Å². The van der Waals surface area contributed by atoms with Gasteiger partial charge in [-0.2, -0.15) is 0 Å². The van der Waals surface area contributed by atoms with Crippen molar-refractivity contribution in [3.8, 4) is 50.1 Å². The molecular formula is C70H82Cl2O2S8. The molecule has 9 aromatic rings. The highest BCUT2D eigenvalue weighted by Gasteiger charge is 2.42. The van der Waals surface area contributed by atoms with Crippen LogP contribution in [0.25, 0.3) is 70.3 Å². The van der Waals surface area contributed by atoms with Crippen molar-refractivity contribution >= 4 is 146 Å². The van der Waals surface area contributed by atoms with Crippen LogP contribution in [-0.4, -0.2) is 11.6 Å². The Kier molecular flexibility index (Phi) is 21.2. The first-order valence-corrected chi connectivity index (χ1v) is 38.2. The summed E-state index contributed by atoms with van der Waals surface area (Å²) >= 11 is 29.2. The van der Waals surface area contributed by atoms with E-state index in [-0.39, 0.29) is 11.6 Å². The maximum atomic E-state index is 15.9. The summed E-state index contributed by atoms with van der Waals surface area (Å²) in [5.41, 5.74) is 5.24. The zero-order chi connectivity index (χ0) is 57.9. The van der Waals surface area contributed by atoms with E-state index in [1.807, 2.05) is 45.3 Å². The molecular weight excluding hydrogens is 1200 g/mol. The van der Waals surface area contributed by atoms with Crippen molar-refractivity contribution in [1.82, 2.24) is 0 Å². The Labute approximate surface area is 531 Å². The lowest BCUT2D eigenvalue weighted by molar-refractivity contribution is 0.0980. The van der Waals surface area contributed by atoms with E-state index >= 15 is 9.59 Å². The SMILES string of the molecule is CCCCC(CC)Cc1sc(-c2c3cc(-c4ccc(-c5sc(-c6ccc(C)s6)c6c5C(=O)c5c(CC(CC)CCCC)sc(CC(CC)CCCC)c5C6=O)s4)sc3c(-c3cc(Cl)c(CC(CC)CCCC)s3)c3cc(C)sc23)cc1Cl. The summed E-state index contributed by atoms with van der Waals surface area (Å²) in [5.74, 6) is 2.28. The normalized spacial score (nSPS) is 14.2. The minimum Gasteiger partial charge on any atom is -0.288 e. The standard InChI is InChI=1S/C70H82Cl2O2S8/c1-11-19-23-41(15-5)32-52-47(71)37-57(78-52)59-45-31-40(10)76-67(45)60(58-38-48(72)53(79-58)33-42(16-6)24-20-12-2)46-36-54(81-68(46)59)49-29-30-51(77-49)70-64-63(69(82-70)50-28-27-39(9)75-50)65(73)61-55(34-43(17-7)25-21-13-3)80-56(62(61)66(64)74)35-44(18-8)26-22-14-4/h27-31,36-38,41-44H,11-26,32-35H2,1-10H3. The third kappa shape index (κ3) is 12.8. The molecule has 0 bridgehead atoms. The van der Waals surface area contributed by atoms with Crippen molar-refractivity contribution < 1.29 is 9.59 Å². The third-order valence-electron chi connectivity index (χ3n) is 17.6. The average Bonchev–Trinajstić information content (AvgIpc) is 2.16. The Morgan fingerprint density at radius 1 is 0.366 bits per heavy atom. The highest BCUT2D eigenvalue weighted by molar-refractivity contribution is 7.31. The highest BCUT2D eigenvalue weighted by atomic mass is 35.5. The van der Waals surface area contributed by atoms with Gasteiger partial charge in [-0.15, -0.1) is 90.7 Å². The second-order valence-electron chi connectivity index (χ2n) is 23.4. The molecule has 2 nitrogen and oxygen atoms in total. The van der Waals surface area contributed by atoms with Gasteiger partial charge in [-0.25, -0.2) is 0 Å². The molecule has 1 aliphatic carbocycles. The highest BCUT2D eigenvalue weighted by Crippen LogP contribution is 2.57. The molecule has 436 valence electrons. The second kappa shape index (κ2) is 28.0. The number of hydrogen-bond donors (Lipinski definition) is 0. The van der Waals surface area contributed by atoms with Crippen molar-refractivity contribution in [1.29, 1.82) is 0 Å². The molecule has 0 amide bonds. The van der Waals surface area contributed by atoms with E-state index in [1.165, 1.54) is 117 Å². The summed E-state index contributed by atoms with van der Waals surface area (Å²) in [5, 5.41) is 4.31. The molecule has 10 rings (SSSR count). The Balaban J connectivity index is 1.14. The second-order valence-corrected chi connectivity index (χ2v) is 33.4. The molecule has 1 aromatic carbocycles. The first-order chi connectivity index (χ1) is 39.8. The number of ketones is 2. The van der Waals surface area contributed by atoms with Crippen LogP contribution in [0.5, 0.6) is 0 Å². The number of carbonyl (C=O) groups is 2. The first kappa shape index (κ1) is 62.3. The molecule has 8 heterocycles. The number of thiophene rings is 8. The Hall–Kier alpha value is -2.74. The van der Waals surface area contributed by atoms with E-state index in [2.05, 4.69) is 118 Å². The number of hydrogen-bond acceptors (Lipinski definition) is 10. The Bertz CT molecular complexity index is 3570. The lowest BCUT2D eigenvalue weighted by atomic mass is 9.81. The number of halogens is 2. The fourth-order valence-corrected chi connectivity index (χ4v) is 23.2. The van der Waals surface area contributed by atoms with Gasteiger partial charge in [0, 0.05) is 101 Å². The van der Waals surface area contributed by atoms with Crippen LogP contribution in [0.1, 0.15) is 219 Å².